The van der Waals surface area contributed by atoms with E-state index in [1.54, 1.807) is 11.9 Å². The highest BCUT2D eigenvalue weighted by molar-refractivity contribution is 5.87. The van der Waals surface area contributed by atoms with E-state index in [2.05, 4.69) is 15.6 Å². The zero-order chi connectivity index (χ0) is 15.0. The summed E-state index contributed by atoms with van der Waals surface area (Å²) in [6.07, 6.45) is 2.29. The van der Waals surface area contributed by atoms with Gasteiger partial charge in [0.05, 0.1) is 17.8 Å². The van der Waals surface area contributed by atoms with Gasteiger partial charge in [0, 0.05) is 19.8 Å². The number of aromatic nitrogens is 1. The minimum Gasteiger partial charge on any atom is -0.478 e. The van der Waals surface area contributed by atoms with E-state index in [4.69, 9.17) is 5.11 Å². The molecular weight excluding hydrogens is 260 g/mol. The van der Waals surface area contributed by atoms with Gasteiger partial charge in [0.2, 0.25) is 0 Å². The van der Waals surface area contributed by atoms with Gasteiger partial charge in [-0.15, -0.1) is 0 Å². The van der Waals surface area contributed by atoms with Crippen LogP contribution in [0, 0.1) is 0 Å². The van der Waals surface area contributed by atoms with Crippen LogP contribution in [0.4, 0.5) is 4.79 Å². The largest absolute Gasteiger partial charge is 0.478 e. The molecule has 2 amide bonds. The lowest BCUT2D eigenvalue weighted by atomic mass is 10.2. The third-order valence-electron chi connectivity index (χ3n) is 2.75. The second-order valence-corrected chi connectivity index (χ2v) is 4.38. The number of hydrogen-bond acceptors (Lipinski definition) is 4. The van der Waals surface area contributed by atoms with Gasteiger partial charge in [-0.05, 0) is 32.1 Å². The Hall–Kier alpha value is -2.15. The van der Waals surface area contributed by atoms with Gasteiger partial charge in [-0.1, -0.05) is 0 Å². The van der Waals surface area contributed by atoms with Gasteiger partial charge in [-0.25, -0.2) is 9.59 Å². The van der Waals surface area contributed by atoms with Crippen molar-refractivity contribution >= 4 is 12.0 Å². The van der Waals surface area contributed by atoms with Gasteiger partial charge in [0.25, 0.3) is 0 Å². The molecule has 0 aliphatic carbocycles. The average molecular weight is 280 g/mol. The third-order valence-corrected chi connectivity index (χ3v) is 2.75. The van der Waals surface area contributed by atoms with Crippen LogP contribution in [0.15, 0.2) is 18.3 Å². The summed E-state index contributed by atoms with van der Waals surface area (Å²) in [4.78, 5) is 28.2. The number of carbonyl (C=O) groups is 2. The van der Waals surface area contributed by atoms with Crippen LogP contribution < -0.4 is 10.6 Å². The van der Waals surface area contributed by atoms with E-state index in [0.29, 0.717) is 12.2 Å². The molecule has 0 bridgehead atoms. The van der Waals surface area contributed by atoms with E-state index in [-0.39, 0.29) is 18.1 Å². The number of nitrogens with zero attached hydrogens (tertiary/aromatic N) is 2. The first-order valence-corrected chi connectivity index (χ1v) is 6.36. The molecule has 1 aromatic heterocycles. The number of amides is 2. The fourth-order valence-electron chi connectivity index (χ4n) is 1.60. The molecule has 1 rings (SSSR count). The minimum absolute atomic E-state index is 0.159. The maximum absolute atomic E-state index is 11.8. The summed E-state index contributed by atoms with van der Waals surface area (Å²) in [6, 6.07) is 2.66. The number of carboxylic acids is 1. The maximum atomic E-state index is 11.8. The first-order chi connectivity index (χ1) is 9.54. The molecule has 0 aromatic carbocycles. The lowest BCUT2D eigenvalue weighted by Gasteiger charge is -2.17. The number of carbonyl (C=O) groups excluding carboxylic acids is 1. The van der Waals surface area contributed by atoms with Crippen LogP contribution in [0.1, 0.15) is 22.5 Å². The first-order valence-electron chi connectivity index (χ1n) is 6.36. The van der Waals surface area contributed by atoms with Crippen LogP contribution in [0.3, 0.4) is 0 Å². The number of urea groups is 1. The Morgan fingerprint density at radius 1 is 1.45 bits per heavy atom. The molecule has 0 atom stereocenters. The summed E-state index contributed by atoms with van der Waals surface area (Å²) >= 11 is 0. The minimum atomic E-state index is -1.01. The molecule has 0 aliphatic rings. The van der Waals surface area contributed by atoms with Crippen LogP contribution in [0.2, 0.25) is 0 Å². The normalized spacial score (nSPS) is 10.1. The maximum Gasteiger partial charge on any atom is 0.335 e. The van der Waals surface area contributed by atoms with Gasteiger partial charge < -0.3 is 20.6 Å². The van der Waals surface area contributed by atoms with Crippen molar-refractivity contribution in [2.24, 2.45) is 0 Å². The van der Waals surface area contributed by atoms with Gasteiger partial charge in [-0.3, -0.25) is 4.98 Å². The Labute approximate surface area is 118 Å². The molecular formula is C13H20N4O3. The highest BCUT2D eigenvalue weighted by Gasteiger charge is 2.09. The quantitative estimate of drug-likeness (QED) is 0.633. The van der Waals surface area contributed by atoms with Gasteiger partial charge in [0.15, 0.2) is 0 Å². The summed E-state index contributed by atoms with van der Waals surface area (Å²) in [7, 11) is 3.58. The van der Waals surface area contributed by atoms with Crippen molar-refractivity contribution in [3.8, 4) is 0 Å². The lowest BCUT2D eigenvalue weighted by Crippen LogP contribution is -2.38. The monoisotopic (exact) mass is 280 g/mol. The van der Waals surface area contributed by atoms with E-state index in [1.807, 2.05) is 7.05 Å². The molecule has 1 aromatic rings. The molecule has 7 heteroatoms. The van der Waals surface area contributed by atoms with Crippen molar-refractivity contribution in [1.82, 2.24) is 20.5 Å². The van der Waals surface area contributed by atoms with Crippen LogP contribution in [-0.4, -0.2) is 54.2 Å². The Balaban J connectivity index is 2.44. The summed E-state index contributed by atoms with van der Waals surface area (Å²) in [5, 5.41) is 14.6. The van der Waals surface area contributed by atoms with Crippen LogP contribution >= 0.6 is 0 Å². The number of aromatic carboxylic acids is 1. The molecule has 0 unspecified atom stereocenters. The van der Waals surface area contributed by atoms with Crippen molar-refractivity contribution in [3.63, 3.8) is 0 Å². The molecule has 0 aliphatic heterocycles. The molecule has 7 nitrogen and oxygen atoms in total. The summed E-state index contributed by atoms with van der Waals surface area (Å²) in [5.74, 6) is -1.01. The number of pyridine rings is 1. The summed E-state index contributed by atoms with van der Waals surface area (Å²) < 4.78 is 0. The van der Waals surface area contributed by atoms with Crippen molar-refractivity contribution in [1.29, 1.82) is 0 Å². The van der Waals surface area contributed by atoms with Crippen LogP contribution in [0.25, 0.3) is 0 Å². The van der Waals surface area contributed by atoms with E-state index in [9.17, 15) is 9.59 Å². The highest BCUT2D eigenvalue weighted by Crippen LogP contribution is 2.02. The zero-order valence-corrected chi connectivity index (χ0v) is 11.7. The molecule has 0 radical (unpaired) electrons. The van der Waals surface area contributed by atoms with Gasteiger partial charge in [0.1, 0.15) is 0 Å². The summed E-state index contributed by atoms with van der Waals surface area (Å²) in [6.45, 7) is 1.70. The Kier molecular flexibility index (Phi) is 6.45. The van der Waals surface area contributed by atoms with E-state index in [0.717, 1.165) is 13.0 Å². The predicted molar refractivity (Wildman–Crippen MR) is 74.6 cm³/mol. The number of rotatable bonds is 7. The summed E-state index contributed by atoms with van der Waals surface area (Å²) in [5.41, 5.74) is 0.675. The van der Waals surface area contributed by atoms with Gasteiger partial charge >= 0.3 is 12.0 Å². The Bertz CT molecular complexity index is 465. The number of nitrogens with one attached hydrogen (secondary N) is 2. The SMILES string of the molecule is CNCCCN(C)C(=O)NCc1cc(C(=O)O)ccn1. The standard InChI is InChI=1S/C13H20N4O3/c1-14-5-3-7-17(2)13(20)16-9-11-8-10(12(18)19)4-6-15-11/h4,6,8,14H,3,5,7,9H2,1-2H3,(H,16,20)(H,18,19). The molecule has 0 fully saturated rings. The van der Waals surface area contributed by atoms with Crippen LogP contribution in [0.5, 0.6) is 0 Å². The molecule has 0 spiro atoms. The number of carboxylic acid groups (broad SMARTS) is 1. The van der Waals surface area contributed by atoms with Crippen LogP contribution in [-0.2, 0) is 6.54 Å². The van der Waals surface area contributed by atoms with Crippen molar-refractivity contribution < 1.29 is 14.7 Å². The predicted octanol–water partition coefficient (Wildman–Crippen LogP) is 0.531. The zero-order valence-electron chi connectivity index (χ0n) is 11.7. The number of hydrogen-bond donors (Lipinski definition) is 3. The molecule has 3 N–H and O–H groups in total. The molecule has 0 saturated carbocycles. The first kappa shape index (κ1) is 15.9. The van der Waals surface area contributed by atoms with Gasteiger partial charge in [-0.2, -0.15) is 0 Å². The molecule has 0 saturated heterocycles. The smallest absolute Gasteiger partial charge is 0.335 e. The molecule has 1 heterocycles. The van der Waals surface area contributed by atoms with Crippen molar-refractivity contribution in [2.75, 3.05) is 27.2 Å². The van der Waals surface area contributed by atoms with Crippen molar-refractivity contribution in [2.45, 2.75) is 13.0 Å². The van der Waals surface area contributed by atoms with E-state index in [1.165, 1.54) is 18.3 Å². The molecule has 20 heavy (non-hydrogen) atoms. The Morgan fingerprint density at radius 2 is 2.20 bits per heavy atom. The van der Waals surface area contributed by atoms with E-state index >= 15 is 0 Å². The van der Waals surface area contributed by atoms with Crippen molar-refractivity contribution in [3.05, 3.63) is 29.6 Å². The average Bonchev–Trinajstić information content (AvgIpc) is 2.45. The van der Waals surface area contributed by atoms with E-state index < -0.39 is 5.97 Å². The second kappa shape index (κ2) is 8.11. The fourth-order valence-corrected chi connectivity index (χ4v) is 1.60. The fraction of sp³-hybridized carbons (Fsp3) is 0.462. The second-order valence-electron chi connectivity index (χ2n) is 4.38. The Morgan fingerprint density at radius 3 is 2.85 bits per heavy atom. The third kappa shape index (κ3) is 5.23. The molecule has 110 valence electrons. The highest BCUT2D eigenvalue weighted by atomic mass is 16.4. The lowest BCUT2D eigenvalue weighted by molar-refractivity contribution is 0.0696. The topological polar surface area (TPSA) is 94.6 Å².